The summed E-state index contributed by atoms with van der Waals surface area (Å²) in [5.74, 6) is 0.980. The number of furan rings is 1. The first-order chi connectivity index (χ1) is 21.2. The average Bonchev–Trinajstić information content (AvgIpc) is 3.60. The van der Waals surface area contributed by atoms with E-state index in [0.29, 0.717) is 54.3 Å². The van der Waals surface area contributed by atoms with Crippen LogP contribution >= 0.6 is 27.3 Å². The molecule has 0 N–H and O–H groups in total. The number of nitro groups is 1. The first-order valence-corrected chi connectivity index (χ1v) is 15.3. The van der Waals surface area contributed by atoms with Gasteiger partial charge in [-0.1, -0.05) is 30.7 Å². The maximum atomic E-state index is 14.0. The Morgan fingerprint density at radius 2 is 1.95 bits per heavy atom. The lowest BCUT2D eigenvalue weighted by Gasteiger charge is -2.26. The molecule has 0 amide bonds. The van der Waals surface area contributed by atoms with Gasteiger partial charge in [0.15, 0.2) is 4.80 Å². The smallest absolute Gasteiger partial charge is 0.338 e. The molecule has 2 aromatic carbocycles. The van der Waals surface area contributed by atoms with E-state index >= 15 is 0 Å². The second-order valence-electron chi connectivity index (χ2n) is 9.65. The molecule has 3 heterocycles. The van der Waals surface area contributed by atoms with Gasteiger partial charge in [-0.05, 0) is 71.2 Å². The standard InChI is InChI=1S/C31H28BrN3O8S/c1-5-7-22-27(30(37)42-6-2)28(17-8-12-25(41-4)21(32)14-17)34-29(36)26(44-31(34)33-22)16-19-10-13-24(43-19)20-11-9-18(40-3)15-23(20)35(38)39/h8-16,28H,5-7H2,1-4H3/b26-16-/t28-/m0/s1. The molecular weight excluding hydrogens is 654 g/mol. The molecule has 4 aromatic rings. The second-order valence-corrected chi connectivity index (χ2v) is 11.5. The minimum absolute atomic E-state index is 0.165. The molecule has 1 atom stereocenters. The first kappa shape index (κ1) is 31.0. The van der Waals surface area contributed by atoms with Crippen LogP contribution < -0.4 is 24.4 Å². The van der Waals surface area contributed by atoms with Crippen molar-refractivity contribution in [3.05, 3.63) is 105 Å². The molecule has 2 aromatic heterocycles. The molecule has 1 aliphatic rings. The summed E-state index contributed by atoms with van der Waals surface area (Å²) in [4.78, 5) is 43.8. The Kier molecular flexibility index (Phi) is 9.16. The maximum Gasteiger partial charge on any atom is 0.338 e. The zero-order valence-corrected chi connectivity index (χ0v) is 26.7. The molecular formula is C31H28BrN3O8S. The number of aromatic nitrogens is 1. The van der Waals surface area contributed by atoms with E-state index in [1.54, 1.807) is 56.5 Å². The van der Waals surface area contributed by atoms with Crippen LogP contribution in [-0.2, 0) is 9.53 Å². The van der Waals surface area contributed by atoms with Crippen molar-refractivity contribution in [1.82, 2.24) is 4.57 Å². The number of allylic oxidation sites excluding steroid dienone is 1. The van der Waals surface area contributed by atoms with E-state index in [4.69, 9.17) is 23.6 Å². The van der Waals surface area contributed by atoms with Gasteiger partial charge in [-0.2, -0.15) is 0 Å². The summed E-state index contributed by atoms with van der Waals surface area (Å²) in [6.07, 6.45) is 2.80. The van der Waals surface area contributed by atoms with Crippen LogP contribution in [0.5, 0.6) is 11.5 Å². The molecule has 0 saturated carbocycles. The van der Waals surface area contributed by atoms with Gasteiger partial charge in [-0.25, -0.2) is 9.79 Å². The quantitative estimate of drug-likeness (QED) is 0.121. The van der Waals surface area contributed by atoms with Gasteiger partial charge < -0.3 is 18.6 Å². The highest BCUT2D eigenvalue weighted by atomic mass is 79.9. The van der Waals surface area contributed by atoms with Crippen LogP contribution in [0.15, 0.2) is 78.5 Å². The van der Waals surface area contributed by atoms with Crippen LogP contribution in [0.25, 0.3) is 17.4 Å². The molecule has 0 aliphatic carbocycles. The number of halogens is 1. The maximum absolute atomic E-state index is 14.0. The lowest BCUT2D eigenvalue weighted by molar-refractivity contribution is -0.384. The van der Waals surface area contributed by atoms with Gasteiger partial charge in [-0.3, -0.25) is 19.5 Å². The van der Waals surface area contributed by atoms with Gasteiger partial charge in [0.2, 0.25) is 0 Å². The molecule has 5 rings (SSSR count). The third-order valence-electron chi connectivity index (χ3n) is 6.95. The number of rotatable bonds is 10. The topological polar surface area (TPSA) is 135 Å². The summed E-state index contributed by atoms with van der Waals surface area (Å²) in [5, 5.41) is 11.7. The zero-order chi connectivity index (χ0) is 31.5. The Labute approximate surface area is 264 Å². The number of nitrogens with zero attached hydrogens (tertiary/aromatic N) is 3. The van der Waals surface area contributed by atoms with E-state index < -0.39 is 16.9 Å². The van der Waals surface area contributed by atoms with Crippen LogP contribution in [-0.4, -0.2) is 36.3 Å². The molecule has 44 heavy (non-hydrogen) atoms. The van der Waals surface area contributed by atoms with Crippen LogP contribution in [0.3, 0.4) is 0 Å². The van der Waals surface area contributed by atoms with E-state index in [0.717, 1.165) is 17.8 Å². The first-order valence-electron chi connectivity index (χ1n) is 13.7. The second kappa shape index (κ2) is 13.0. The fourth-order valence-corrected chi connectivity index (χ4v) is 6.55. The van der Waals surface area contributed by atoms with Gasteiger partial charge in [0.1, 0.15) is 23.0 Å². The van der Waals surface area contributed by atoms with E-state index in [1.165, 1.54) is 17.7 Å². The third kappa shape index (κ3) is 5.84. The van der Waals surface area contributed by atoms with Crippen LogP contribution in [0.1, 0.15) is 44.1 Å². The van der Waals surface area contributed by atoms with Crippen molar-refractivity contribution in [3.8, 4) is 22.8 Å². The summed E-state index contributed by atoms with van der Waals surface area (Å²) in [5.41, 5.74) is 1.25. The number of ether oxygens (including phenoxy) is 3. The number of hydrogen-bond donors (Lipinski definition) is 0. The number of esters is 1. The number of hydrogen-bond acceptors (Lipinski definition) is 10. The van der Waals surface area contributed by atoms with Crippen molar-refractivity contribution in [3.63, 3.8) is 0 Å². The van der Waals surface area contributed by atoms with E-state index in [2.05, 4.69) is 15.9 Å². The highest BCUT2D eigenvalue weighted by Crippen LogP contribution is 2.37. The number of benzene rings is 2. The Balaban J connectivity index is 1.67. The number of methoxy groups -OCH3 is 2. The Hall–Kier alpha value is -4.49. The van der Waals surface area contributed by atoms with Gasteiger partial charge in [0.05, 0.1) is 63.7 Å². The average molecular weight is 683 g/mol. The summed E-state index contributed by atoms with van der Waals surface area (Å²) >= 11 is 4.69. The minimum Gasteiger partial charge on any atom is -0.497 e. The molecule has 0 unspecified atom stereocenters. The lowest BCUT2D eigenvalue weighted by atomic mass is 9.94. The third-order valence-corrected chi connectivity index (χ3v) is 8.55. The Morgan fingerprint density at radius 1 is 1.16 bits per heavy atom. The molecule has 0 saturated heterocycles. The van der Waals surface area contributed by atoms with Crippen molar-refractivity contribution in [2.24, 2.45) is 4.99 Å². The predicted octanol–water partition coefficient (Wildman–Crippen LogP) is 5.53. The molecule has 0 bridgehead atoms. The fraction of sp³-hybridized carbons (Fsp3) is 0.258. The Morgan fingerprint density at radius 3 is 2.61 bits per heavy atom. The van der Waals surface area contributed by atoms with Gasteiger partial charge >= 0.3 is 5.97 Å². The van der Waals surface area contributed by atoms with Crippen molar-refractivity contribution in [2.75, 3.05) is 20.8 Å². The molecule has 13 heteroatoms. The zero-order valence-electron chi connectivity index (χ0n) is 24.3. The molecule has 0 spiro atoms. The SMILES string of the molecule is CCCC1=C(C(=O)OCC)[C@H](c2ccc(OC)c(Br)c2)n2c(s/c(=C\c3ccc(-c4ccc(OC)cc4[N+](=O)[O-])o3)c2=O)=N1. The Bertz CT molecular complexity index is 1970. The normalized spacial score (nSPS) is 14.7. The van der Waals surface area contributed by atoms with Crippen molar-refractivity contribution in [2.45, 2.75) is 32.7 Å². The van der Waals surface area contributed by atoms with Gasteiger partial charge in [-0.15, -0.1) is 0 Å². The van der Waals surface area contributed by atoms with E-state index in [1.807, 2.05) is 13.0 Å². The summed E-state index contributed by atoms with van der Waals surface area (Å²) in [6.45, 7) is 3.88. The number of thiazole rings is 1. The highest BCUT2D eigenvalue weighted by Gasteiger charge is 2.34. The fourth-order valence-electron chi connectivity index (χ4n) is 4.99. The number of carbonyl (C=O) groups excluding carboxylic acids is 1. The van der Waals surface area contributed by atoms with E-state index in [9.17, 15) is 19.7 Å². The van der Waals surface area contributed by atoms with Crippen molar-refractivity contribution < 1.29 is 28.3 Å². The van der Waals surface area contributed by atoms with Crippen molar-refractivity contribution in [1.29, 1.82) is 0 Å². The van der Waals surface area contributed by atoms with E-state index in [-0.39, 0.29) is 29.2 Å². The van der Waals surface area contributed by atoms with Crippen molar-refractivity contribution >= 4 is 45.0 Å². The molecule has 11 nitrogen and oxygen atoms in total. The molecule has 228 valence electrons. The summed E-state index contributed by atoms with van der Waals surface area (Å²) < 4.78 is 24.4. The van der Waals surface area contributed by atoms with Gasteiger partial charge in [0, 0.05) is 6.08 Å². The molecule has 1 aliphatic heterocycles. The van der Waals surface area contributed by atoms with Crippen LogP contribution in [0.4, 0.5) is 5.69 Å². The van der Waals surface area contributed by atoms with Crippen LogP contribution in [0, 0.1) is 10.1 Å². The number of carbonyl (C=O) groups is 1. The minimum atomic E-state index is -0.801. The van der Waals surface area contributed by atoms with Crippen LogP contribution in [0.2, 0.25) is 0 Å². The number of nitro benzene ring substituents is 1. The monoisotopic (exact) mass is 681 g/mol. The van der Waals surface area contributed by atoms with Gasteiger partial charge in [0.25, 0.3) is 11.2 Å². The number of fused-ring (bicyclic) bond motifs is 1. The summed E-state index contributed by atoms with van der Waals surface area (Å²) in [6, 6.07) is 12.3. The highest BCUT2D eigenvalue weighted by molar-refractivity contribution is 9.10. The predicted molar refractivity (Wildman–Crippen MR) is 168 cm³/mol. The molecule has 0 radical (unpaired) electrons. The largest absolute Gasteiger partial charge is 0.497 e. The molecule has 0 fully saturated rings. The summed E-state index contributed by atoms with van der Waals surface area (Å²) in [7, 11) is 2.98. The lowest BCUT2D eigenvalue weighted by Crippen LogP contribution is -2.40.